The lowest BCUT2D eigenvalue weighted by atomic mass is 9.79. The van der Waals surface area contributed by atoms with Gasteiger partial charge in [0.1, 0.15) is 0 Å². The van der Waals surface area contributed by atoms with Crippen LogP contribution in [0.15, 0.2) is 54.6 Å². The molecule has 4 heteroatoms. The number of benzene rings is 2. The summed E-state index contributed by atoms with van der Waals surface area (Å²) in [5, 5.41) is 19.8. The Morgan fingerprint density at radius 1 is 1.10 bits per heavy atom. The van der Waals surface area contributed by atoms with E-state index in [1.807, 2.05) is 48.5 Å². The standard InChI is InChI=1S/C17H17NO3/c19-12-17(14-7-2-1-3-8-14)11-10-13-6-4-5-9-15(13)18(17)16(20)21/h1-9,19H,10-12H2,(H,20,21). The van der Waals surface area contributed by atoms with Crippen molar-refractivity contribution in [2.45, 2.75) is 18.4 Å². The molecular weight excluding hydrogens is 266 g/mol. The fourth-order valence-electron chi connectivity index (χ4n) is 3.17. The third-order valence-corrected chi connectivity index (χ3v) is 4.23. The van der Waals surface area contributed by atoms with Gasteiger partial charge >= 0.3 is 6.09 Å². The molecule has 1 atom stereocenters. The maximum atomic E-state index is 11.9. The smallest absolute Gasteiger partial charge is 0.412 e. The van der Waals surface area contributed by atoms with Crippen molar-refractivity contribution in [3.05, 3.63) is 65.7 Å². The fraction of sp³-hybridized carbons (Fsp3) is 0.235. The number of aliphatic hydroxyl groups is 1. The van der Waals surface area contributed by atoms with E-state index in [-0.39, 0.29) is 6.61 Å². The second-order valence-electron chi connectivity index (χ2n) is 5.30. The van der Waals surface area contributed by atoms with E-state index in [1.165, 1.54) is 4.90 Å². The zero-order chi connectivity index (χ0) is 14.9. The topological polar surface area (TPSA) is 60.8 Å². The summed E-state index contributed by atoms with van der Waals surface area (Å²) < 4.78 is 0. The van der Waals surface area contributed by atoms with Gasteiger partial charge in [0.15, 0.2) is 0 Å². The SMILES string of the molecule is O=C(O)N1c2ccccc2CCC1(CO)c1ccccc1. The number of fused-ring (bicyclic) bond motifs is 1. The van der Waals surface area contributed by atoms with Gasteiger partial charge < -0.3 is 10.2 Å². The van der Waals surface area contributed by atoms with Crippen molar-refractivity contribution in [2.24, 2.45) is 0 Å². The van der Waals surface area contributed by atoms with Crippen molar-refractivity contribution < 1.29 is 15.0 Å². The van der Waals surface area contributed by atoms with Crippen LogP contribution in [0.4, 0.5) is 10.5 Å². The summed E-state index contributed by atoms with van der Waals surface area (Å²) in [4.78, 5) is 13.2. The Morgan fingerprint density at radius 2 is 1.76 bits per heavy atom. The monoisotopic (exact) mass is 283 g/mol. The number of aryl methyl sites for hydroxylation is 1. The van der Waals surface area contributed by atoms with Crippen LogP contribution in [0.5, 0.6) is 0 Å². The van der Waals surface area contributed by atoms with Crippen LogP contribution < -0.4 is 4.90 Å². The summed E-state index contributed by atoms with van der Waals surface area (Å²) in [5.41, 5.74) is 1.57. The molecule has 1 aliphatic rings. The number of anilines is 1. The maximum Gasteiger partial charge on any atom is 0.412 e. The largest absolute Gasteiger partial charge is 0.465 e. The van der Waals surface area contributed by atoms with Crippen LogP contribution in [-0.2, 0) is 12.0 Å². The Morgan fingerprint density at radius 3 is 2.43 bits per heavy atom. The van der Waals surface area contributed by atoms with E-state index < -0.39 is 11.6 Å². The summed E-state index contributed by atoms with van der Waals surface area (Å²) in [6, 6.07) is 16.9. The molecule has 2 N–H and O–H groups in total. The lowest BCUT2D eigenvalue weighted by Crippen LogP contribution is -2.54. The average Bonchev–Trinajstić information content (AvgIpc) is 2.54. The number of hydrogen-bond donors (Lipinski definition) is 2. The zero-order valence-corrected chi connectivity index (χ0v) is 11.6. The van der Waals surface area contributed by atoms with E-state index in [9.17, 15) is 15.0 Å². The molecule has 0 saturated carbocycles. The van der Waals surface area contributed by atoms with E-state index in [0.717, 1.165) is 17.5 Å². The van der Waals surface area contributed by atoms with E-state index in [0.29, 0.717) is 12.1 Å². The number of rotatable bonds is 2. The highest BCUT2D eigenvalue weighted by Gasteiger charge is 2.45. The molecule has 1 heterocycles. The predicted octanol–water partition coefficient (Wildman–Crippen LogP) is 3.01. The Balaban J connectivity index is 2.20. The minimum absolute atomic E-state index is 0.238. The second kappa shape index (κ2) is 5.22. The molecule has 0 bridgehead atoms. The molecule has 4 nitrogen and oxygen atoms in total. The molecule has 0 aliphatic carbocycles. The lowest BCUT2D eigenvalue weighted by Gasteiger charge is -2.45. The second-order valence-corrected chi connectivity index (χ2v) is 5.30. The van der Waals surface area contributed by atoms with E-state index in [1.54, 1.807) is 6.07 Å². The van der Waals surface area contributed by atoms with Gasteiger partial charge in [-0.25, -0.2) is 4.79 Å². The van der Waals surface area contributed by atoms with Crippen LogP contribution in [0.1, 0.15) is 17.5 Å². The highest BCUT2D eigenvalue weighted by Crippen LogP contribution is 2.43. The first kappa shape index (κ1) is 13.6. The quantitative estimate of drug-likeness (QED) is 0.890. The number of para-hydroxylation sites is 1. The molecular formula is C17H17NO3. The number of nitrogens with zero attached hydrogens (tertiary/aromatic N) is 1. The van der Waals surface area contributed by atoms with E-state index in [4.69, 9.17) is 0 Å². The third kappa shape index (κ3) is 2.08. The zero-order valence-electron chi connectivity index (χ0n) is 11.6. The Kier molecular flexibility index (Phi) is 3.39. The van der Waals surface area contributed by atoms with Gasteiger partial charge in [0.2, 0.25) is 0 Å². The van der Waals surface area contributed by atoms with Crippen molar-refractivity contribution >= 4 is 11.8 Å². The van der Waals surface area contributed by atoms with Crippen LogP contribution in [0.25, 0.3) is 0 Å². The highest BCUT2D eigenvalue weighted by atomic mass is 16.4. The minimum atomic E-state index is -1.04. The van der Waals surface area contributed by atoms with Gasteiger partial charge in [0.25, 0.3) is 0 Å². The number of aliphatic hydroxyl groups excluding tert-OH is 1. The molecule has 0 radical (unpaired) electrons. The third-order valence-electron chi connectivity index (χ3n) is 4.23. The molecule has 0 spiro atoms. The van der Waals surface area contributed by atoms with Crippen LogP contribution in [0.3, 0.4) is 0 Å². The minimum Gasteiger partial charge on any atom is -0.465 e. The molecule has 1 unspecified atom stereocenters. The van der Waals surface area contributed by atoms with Crippen molar-refractivity contribution in [3.8, 4) is 0 Å². The molecule has 1 aliphatic heterocycles. The molecule has 2 aromatic rings. The normalized spacial score (nSPS) is 20.9. The summed E-state index contributed by atoms with van der Waals surface area (Å²) in [6.07, 6.45) is 0.270. The van der Waals surface area contributed by atoms with Crippen LogP contribution >= 0.6 is 0 Å². The summed E-state index contributed by atoms with van der Waals surface area (Å²) in [6.45, 7) is -0.238. The summed E-state index contributed by atoms with van der Waals surface area (Å²) >= 11 is 0. The molecule has 0 saturated heterocycles. The Hall–Kier alpha value is -2.33. The number of carboxylic acid groups (broad SMARTS) is 1. The van der Waals surface area contributed by atoms with Gasteiger partial charge in [-0.3, -0.25) is 4.90 Å². The Bertz CT molecular complexity index is 656. The lowest BCUT2D eigenvalue weighted by molar-refractivity contribution is 0.150. The van der Waals surface area contributed by atoms with Crippen molar-refractivity contribution in [3.63, 3.8) is 0 Å². The van der Waals surface area contributed by atoms with Crippen molar-refractivity contribution in [1.82, 2.24) is 0 Å². The average molecular weight is 283 g/mol. The highest BCUT2D eigenvalue weighted by molar-refractivity contribution is 5.90. The molecule has 21 heavy (non-hydrogen) atoms. The molecule has 108 valence electrons. The molecule has 0 aromatic heterocycles. The van der Waals surface area contributed by atoms with Gasteiger partial charge in [-0.05, 0) is 30.0 Å². The molecule has 2 aromatic carbocycles. The van der Waals surface area contributed by atoms with Gasteiger partial charge in [-0.2, -0.15) is 0 Å². The molecule has 1 amide bonds. The summed E-state index contributed by atoms with van der Waals surface area (Å²) in [5.74, 6) is 0. The van der Waals surface area contributed by atoms with Crippen molar-refractivity contribution in [1.29, 1.82) is 0 Å². The summed E-state index contributed by atoms with van der Waals surface area (Å²) in [7, 11) is 0. The number of amides is 1. The first-order chi connectivity index (χ1) is 10.2. The van der Waals surface area contributed by atoms with E-state index in [2.05, 4.69) is 0 Å². The first-order valence-corrected chi connectivity index (χ1v) is 6.96. The van der Waals surface area contributed by atoms with Gasteiger partial charge in [-0.15, -0.1) is 0 Å². The van der Waals surface area contributed by atoms with Crippen molar-refractivity contribution in [2.75, 3.05) is 11.5 Å². The van der Waals surface area contributed by atoms with Gasteiger partial charge in [0, 0.05) is 0 Å². The van der Waals surface area contributed by atoms with E-state index >= 15 is 0 Å². The first-order valence-electron chi connectivity index (χ1n) is 6.96. The number of carbonyl (C=O) groups is 1. The van der Waals surface area contributed by atoms with Gasteiger partial charge in [-0.1, -0.05) is 48.5 Å². The molecule has 0 fully saturated rings. The Labute approximate surface area is 123 Å². The number of hydrogen-bond acceptors (Lipinski definition) is 2. The fourth-order valence-corrected chi connectivity index (χ4v) is 3.17. The van der Waals surface area contributed by atoms with Gasteiger partial charge in [0.05, 0.1) is 17.8 Å². The van der Waals surface area contributed by atoms with Crippen LogP contribution in [0.2, 0.25) is 0 Å². The maximum absolute atomic E-state index is 11.9. The van der Waals surface area contributed by atoms with Crippen LogP contribution in [0, 0.1) is 0 Å². The van der Waals surface area contributed by atoms with Crippen LogP contribution in [-0.4, -0.2) is 22.9 Å². The predicted molar refractivity (Wildman–Crippen MR) is 80.5 cm³/mol. The molecule has 3 rings (SSSR count).